The molecule has 0 amide bonds. The van der Waals surface area contributed by atoms with Gasteiger partial charge in [0.25, 0.3) is 0 Å². The van der Waals surface area contributed by atoms with Crippen molar-refractivity contribution in [1.82, 2.24) is 4.90 Å². The number of rotatable bonds is 10. The Labute approximate surface area is 231 Å². The van der Waals surface area contributed by atoms with Crippen molar-refractivity contribution in [3.8, 4) is 17.2 Å². The molecule has 1 aliphatic carbocycles. The molecule has 0 saturated carbocycles. The fourth-order valence-electron chi connectivity index (χ4n) is 6.04. The minimum Gasteiger partial charge on any atom is -0.508 e. The average Bonchev–Trinajstić information content (AvgIpc) is 3.21. The number of ether oxygens (including phenoxy) is 1. The van der Waals surface area contributed by atoms with E-state index >= 15 is 0 Å². The molecular weight excluding hydrogens is 491 g/mol. The van der Waals surface area contributed by atoms with Crippen LogP contribution in [-0.2, 0) is 19.3 Å². The number of hydrogen-bond acceptors (Lipinski definition) is 5. The van der Waals surface area contributed by atoms with Gasteiger partial charge in [0.15, 0.2) is 11.6 Å². The second kappa shape index (κ2) is 13.2. The van der Waals surface area contributed by atoms with Gasteiger partial charge in [-0.1, -0.05) is 31.0 Å². The van der Waals surface area contributed by atoms with Gasteiger partial charge in [-0.15, -0.1) is 0 Å². The highest BCUT2D eigenvalue weighted by molar-refractivity contribution is 5.57. The number of nitrogens with zero attached hydrogens (tertiary/aromatic N) is 1. The molecule has 1 heterocycles. The minimum atomic E-state index is -0.294. The molecule has 0 aromatic heterocycles. The van der Waals surface area contributed by atoms with Crippen molar-refractivity contribution in [2.75, 3.05) is 38.1 Å². The summed E-state index contributed by atoms with van der Waals surface area (Å²) in [5.41, 5.74) is 5.62. The number of benzene rings is 3. The van der Waals surface area contributed by atoms with Crippen LogP contribution in [0.15, 0.2) is 54.6 Å². The molecule has 0 bridgehead atoms. The zero-order valence-corrected chi connectivity index (χ0v) is 22.8. The number of phenolic OH excluding ortho intramolecular Hbond substituents is 2. The highest BCUT2D eigenvalue weighted by Gasteiger charge is 2.23. The first-order valence-electron chi connectivity index (χ1n) is 14.6. The van der Waals surface area contributed by atoms with Crippen molar-refractivity contribution in [3.05, 3.63) is 82.7 Å². The third-order valence-corrected chi connectivity index (χ3v) is 8.21. The molecule has 3 aromatic rings. The Morgan fingerprint density at radius 1 is 0.897 bits per heavy atom. The van der Waals surface area contributed by atoms with Crippen LogP contribution in [0, 0.1) is 5.82 Å². The molecule has 3 N–H and O–H groups in total. The number of hydrogen-bond donors (Lipinski definition) is 3. The molecule has 3 aromatic carbocycles. The summed E-state index contributed by atoms with van der Waals surface area (Å²) in [7, 11) is 0. The fourth-order valence-corrected chi connectivity index (χ4v) is 6.04. The second-order valence-electron chi connectivity index (χ2n) is 11.1. The first kappa shape index (κ1) is 27.3. The number of likely N-dealkylation sites (tertiary alicyclic amines) is 1. The number of aromatic hydroxyl groups is 2. The van der Waals surface area contributed by atoms with E-state index in [1.807, 2.05) is 24.3 Å². The van der Waals surface area contributed by atoms with Crippen LogP contribution in [0.5, 0.6) is 17.2 Å². The molecule has 2 aliphatic rings. The van der Waals surface area contributed by atoms with Crippen molar-refractivity contribution in [2.45, 2.75) is 63.7 Å². The van der Waals surface area contributed by atoms with E-state index in [2.05, 4.69) is 10.2 Å². The van der Waals surface area contributed by atoms with Gasteiger partial charge in [0.05, 0.1) is 0 Å². The molecule has 1 atom stereocenters. The molecule has 0 radical (unpaired) electrons. The maximum atomic E-state index is 14.7. The lowest BCUT2D eigenvalue weighted by Gasteiger charge is -2.27. The molecule has 39 heavy (non-hydrogen) atoms. The fraction of sp³-hybridized carbons (Fsp3) is 0.455. The van der Waals surface area contributed by atoms with Crippen LogP contribution >= 0.6 is 0 Å². The third-order valence-electron chi connectivity index (χ3n) is 8.21. The zero-order chi connectivity index (χ0) is 27.0. The van der Waals surface area contributed by atoms with Gasteiger partial charge in [-0.05, 0) is 117 Å². The minimum absolute atomic E-state index is 0.246. The van der Waals surface area contributed by atoms with Crippen molar-refractivity contribution < 1.29 is 19.3 Å². The lowest BCUT2D eigenvalue weighted by Crippen LogP contribution is -2.29. The number of fused-ring (bicyclic) bond motifs is 1. The Bertz CT molecular complexity index is 1240. The number of anilines is 1. The van der Waals surface area contributed by atoms with E-state index in [1.54, 1.807) is 30.3 Å². The summed E-state index contributed by atoms with van der Waals surface area (Å²) < 4.78 is 20.5. The molecule has 5 rings (SSSR count). The van der Waals surface area contributed by atoms with Gasteiger partial charge in [-0.3, -0.25) is 4.90 Å². The van der Waals surface area contributed by atoms with Crippen molar-refractivity contribution in [3.63, 3.8) is 0 Å². The van der Waals surface area contributed by atoms with E-state index < -0.39 is 0 Å². The molecule has 1 fully saturated rings. The predicted octanol–water partition coefficient (Wildman–Crippen LogP) is 6.81. The Morgan fingerprint density at radius 2 is 1.69 bits per heavy atom. The average molecular weight is 533 g/mol. The summed E-state index contributed by atoms with van der Waals surface area (Å²) in [6.45, 7) is 4.32. The van der Waals surface area contributed by atoms with E-state index in [-0.39, 0.29) is 11.6 Å². The Hall–Kier alpha value is -3.25. The van der Waals surface area contributed by atoms with Gasteiger partial charge in [0.1, 0.15) is 18.1 Å². The highest BCUT2D eigenvalue weighted by atomic mass is 19.1. The van der Waals surface area contributed by atoms with Crippen LogP contribution in [0.4, 0.5) is 10.1 Å². The quantitative estimate of drug-likeness (QED) is 0.250. The molecule has 208 valence electrons. The number of nitrogens with one attached hydrogen (secondary N) is 1. The molecule has 1 unspecified atom stereocenters. The van der Waals surface area contributed by atoms with E-state index in [0.29, 0.717) is 24.0 Å². The monoisotopic (exact) mass is 532 g/mol. The first-order chi connectivity index (χ1) is 19.0. The summed E-state index contributed by atoms with van der Waals surface area (Å²) >= 11 is 0. The lowest BCUT2D eigenvalue weighted by molar-refractivity contribution is 0.209. The molecule has 5 nitrogen and oxygen atoms in total. The Kier molecular flexibility index (Phi) is 9.25. The van der Waals surface area contributed by atoms with E-state index in [4.69, 9.17) is 4.74 Å². The summed E-state index contributed by atoms with van der Waals surface area (Å²) in [6.07, 6.45) is 9.54. The number of halogens is 1. The Balaban J connectivity index is 1.11. The number of phenols is 2. The summed E-state index contributed by atoms with van der Waals surface area (Å²) in [5, 5.41) is 23.5. The smallest absolute Gasteiger partial charge is 0.165 e. The van der Waals surface area contributed by atoms with Crippen LogP contribution in [0.3, 0.4) is 0 Å². The van der Waals surface area contributed by atoms with Crippen LogP contribution < -0.4 is 10.1 Å². The molecule has 1 aliphatic heterocycles. The molecule has 1 saturated heterocycles. The van der Waals surface area contributed by atoms with Gasteiger partial charge in [0, 0.05) is 24.8 Å². The van der Waals surface area contributed by atoms with Crippen molar-refractivity contribution in [1.29, 1.82) is 0 Å². The van der Waals surface area contributed by atoms with E-state index in [1.165, 1.54) is 42.4 Å². The summed E-state index contributed by atoms with van der Waals surface area (Å²) in [4.78, 5) is 2.42. The van der Waals surface area contributed by atoms with Crippen molar-refractivity contribution >= 4 is 5.69 Å². The molecule has 0 spiro atoms. The number of aryl methyl sites for hydroxylation is 2. The standard InChI is InChI=1S/C33H41FN2O3/c34-31-20-24(7-14-33(31)39-19-18-36-16-3-1-2-4-17-36)6-5-15-35-32-23-29(38)12-13-30(32)27-9-8-26-22-28(37)11-10-25(26)21-27/h7,10-14,20,22-23,27,35,37-38H,1-6,8-9,15-19,21H2. The van der Waals surface area contributed by atoms with Gasteiger partial charge < -0.3 is 20.3 Å². The summed E-state index contributed by atoms with van der Waals surface area (Å²) in [5.74, 6) is 0.962. The van der Waals surface area contributed by atoms with E-state index in [0.717, 1.165) is 69.5 Å². The second-order valence-corrected chi connectivity index (χ2v) is 11.1. The van der Waals surface area contributed by atoms with Crippen molar-refractivity contribution in [2.24, 2.45) is 0 Å². The van der Waals surface area contributed by atoms with E-state index in [9.17, 15) is 14.6 Å². The Morgan fingerprint density at radius 3 is 2.51 bits per heavy atom. The third kappa shape index (κ3) is 7.45. The predicted molar refractivity (Wildman–Crippen MR) is 155 cm³/mol. The largest absolute Gasteiger partial charge is 0.508 e. The lowest BCUT2D eigenvalue weighted by atomic mass is 9.79. The summed E-state index contributed by atoms with van der Waals surface area (Å²) in [6, 6.07) is 16.6. The maximum Gasteiger partial charge on any atom is 0.165 e. The molecule has 6 heteroatoms. The van der Waals surface area contributed by atoms with Crippen LogP contribution in [0.25, 0.3) is 0 Å². The maximum absolute atomic E-state index is 14.7. The van der Waals surface area contributed by atoms with Gasteiger partial charge in [-0.25, -0.2) is 4.39 Å². The first-order valence-corrected chi connectivity index (χ1v) is 14.6. The van der Waals surface area contributed by atoms with Crippen LogP contribution in [-0.4, -0.2) is 47.9 Å². The SMILES string of the molecule is Oc1ccc2c(c1)CCC(c1ccc(O)cc1NCCCc1ccc(OCCN3CCCCCC3)c(F)c1)C2. The normalized spacial score (nSPS) is 17.8. The van der Waals surface area contributed by atoms with Gasteiger partial charge >= 0.3 is 0 Å². The van der Waals surface area contributed by atoms with Crippen LogP contribution in [0.1, 0.15) is 66.7 Å². The topological polar surface area (TPSA) is 65.0 Å². The van der Waals surface area contributed by atoms with Gasteiger partial charge in [-0.2, -0.15) is 0 Å². The van der Waals surface area contributed by atoms with Crippen LogP contribution in [0.2, 0.25) is 0 Å². The zero-order valence-electron chi connectivity index (χ0n) is 22.8. The highest BCUT2D eigenvalue weighted by Crippen LogP contribution is 2.38. The van der Waals surface area contributed by atoms with Gasteiger partial charge in [0.2, 0.25) is 0 Å². The molecular formula is C33H41FN2O3.